The third kappa shape index (κ3) is 3.45. The molecule has 164 valence electrons. The van der Waals surface area contributed by atoms with Gasteiger partial charge in [0.05, 0.1) is 52.5 Å². The summed E-state index contributed by atoms with van der Waals surface area (Å²) in [5, 5.41) is 11.0. The summed E-state index contributed by atoms with van der Waals surface area (Å²) in [5.41, 5.74) is 4.04. The van der Waals surface area contributed by atoms with E-state index in [4.69, 9.17) is 9.47 Å². The number of aromatic amines is 1. The minimum absolute atomic E-state index is 0.245. The molecule has 1 N–H and O–H groups in total. The van der Waals surface area contributed by atoms with E-state index in [1.54, 1.807) is 19.2 Å². The van der Waals surface area contributed by atoms with E-state index in [-0.39, 0.29) is 5.56 Å². The van der Waals surface area contributed by atoms with Gasteiger partial charge >= 0.3 is 0 Å². The second-order valence-corrected chi connectivity index (χ2v) is 8.43. The number of pyridine rings is 1. The molecule has 0 unspecified atom stereocenters. The van der Waals surface area contributed by atoms with Gasteiger partial charge < -0.3 is 14.5 Å². The molecule has 0 aliphatic heterocycles. The molecule has 33 heavy (non-hydrogen) atoms. The Labute approximate surface area is 192 Å². The van der Waals surface area contributed by atoms with Crippen molar-refractivity contribution in [1.29, 1.82) is 5.26 Å². The summed E-state index contributed by atoms with van der Waals surface area (Å²) in [4.78, 5) is 24.9. The van der Waals surface area contributed by atoms with Crippen LogP contribution >= 0.6 is 11.8 Å². The Morgan fingerprint density at radius 2 is 1.85 bits per heavy atom. The summed E-state index contributed by atoms with van der Waals surface area (Å²) in [7, 11) is 3.07. The number of para-hydroxylation sites is 2. The lowest BCUT2D eigenvalue weighted by Gasteiger charge is -2.11. The number of nitrogens with one attached hydrogen (secondary N) is 1. The van der Waals surface area contributed by atoms with Crippen LogP contribution in [0.5, 0.6) is 11.5 Å². The Kier molecular flexibility index (Phi) is 5.15. The lowest BCUT2D eigenvalue weighted by Crippen LogP contribution is -2.12. The number of aryl methyl sites for hydroxylation is 1. The number of methoxy groups -OCH3 is 2. The van der Waals surface area contributed by atoms with Gasteiger partial charge in [0.15, 0.2) is 17.1 Å². The highest BCUT2D eigenvalue weighted by molar-refractivity contribution is 7.98. The number of nitrogens with zero attached hydrogens (tertiary/aromatic N) is 4. The number of fused-ring (bicyclic) bond motifs is 4. The number of imidazole rings is 1. The van der Waals surface area contributed by atoms with Crippen molar-refractivity contribution in [3.05, 3.63) is 69.8 Å². The lowest BCUT2D eigenvalue weighted by atomic mass is 10.2. The first-order valence-electron chi connectivity index (χ1n) is 10.1. The third-order valence-electron chi connectivity index (χ3n) is 5.47. The quantitative estimate of drug-likeness (QED) is 0.394. The highest BCUT2D eigenvalue weighted by Crippen LogP contribution is 2.32. The largest absolute Gasteiger partial charge is 0.493 e. The van der Waals surface area contributed by atoms with Crippen LogP contribution in [0.3, 0.4) is 0 Å². The topological polar surface area (TPSA) is 105 Å². The molecule has 0 radical (unpaired) electrons. The predicted octanol–water partition coefficient (Wildman–Crippen LogP) is 4.21. The molecule has 0 bridgehead atoms. The van der Waals surface area contributed by atoms with Gasteiger partial charge in [-0.3, -0.25) is 9.20 Å². The van der Waals surface area contributed by atoms with Crippen molar-refractivity contribution in [3.63, 3.8) is 0 Å². The van der Waals surface area contributed by atoms with E-state index in [2.05, 4.69) is 21.0 Å². The average Bonchev–Trinajstić information content (AvgIpc) is 3.21. The number of aromatic nitrogens is 4. The van der Waals surface area contributed by atoms with Crippen molar-refractivity contribution < 1.29 is 9.47 Å². The number of benzene rings is 2. The molecule has 3 heterocycles. The fraction of sp³-hybridized carbons (Fsp3) is 0.167. The molecule has 0 fully saturated rings. The van der Waals surface area contributed by atoms with E-state index in [1.807, 2.05) is 41.7 Å². The Balaban J connectivity index is 1.59. The Morgan fingerprint density at radius 3 is 2.61 bits per heavy atom. The maximum absolute atomic E-state index is 12.7. The molecule has 0 aliphatic carbocycles. The number of hydrogen-bond acceptors (Lipinski definition) is 7. The minimum Gasteiger partial charge on any atom is -0.493 e. The first-order valence-corrected chi connectivity index (χ1v) is 11.1. The second-order valence-electron chi connectivity index (χ2n) is 7.44. The maximum atomic E-state index is 12.7. The van der Waals surface area contributed by atoms with Gasteiger partial charge in [0.1, 0.15) is 11.9 Å². The molecule has 3 aromatic heterocycles. The van der Waals surface area contributed by atoms with E-state index in [0.29, 0.717) is 45.2 Å². The van der Waals surface area contributed by atoms with Crippen LogP contribution in [0, 0.1) is 18.3 Å². The Hall–Kier alpha value is -4.03. The van der Waals surface area contributed by atoms with Crippen molar-refractivity contribution in [3.8, 4) is 17.6 Å². The van der Waals surface area contributed by atoms with E-state index >= 15 is 0 Å². The van der Waals surface area contributed by atoms with Gasteiger partial charge in [-0.2, -0.15) is 5.26 Å². The van der Waals surface area contributed by atoms with Crippen LogP contribution in [-0.4, -0.2) is 33.6 Å². The highest BCUT2D eigenvalue weighted by Gasteiger charge is 2.16. The third-order valence-corrected chi connectivity index (χ3v) is 6.48. The molecular formula is C24H19N5O3S. The minimum atomic E-state index is -0.245. The molecule has 2 aromatic carbocycles. The van der Waals surface area contributed by atoms with Gasteiger partial charge in [-0.25, -0.2) is 9.97 Å². The summed E-state index contributed by atoms with van der Waals surface area (Å²) >= 11 is 1.52. The Morgan fingerprint density at radius 1 is 1.09 bits per heavy atom. The van der Waals surface area contributed by atoms with Gasteiger partial charge in [0.25, 0.3) is 5.56 Å². The van der Waals surface area contributed by atoms with Crippen LogP contribution in [0.4, 0.5) is 0 Å². The van der Waals surface area contributed by atoms with E-state index < -0.39 is 0 Å². The maximum Gasteiger partial charge on any atom is 0.258 e. The molecule has 9 heteroatoms. The molecule has 0 saturated heterocycles. The van der Waals surface area contributed by atoms with Crippen molar-refractivity contribution in [2.75, 3.05) is 14.2 Å². The Bertz CT molecular complexity index is 1650. The average molecular weight is 458 g/mol. The molecule has 0 saturated carbocycles. The van der Waals surface area contributed by atoms with Gasteiger partial charge in [-0.15, -0.1) is 0 Å². The molecule has 0 aliphatic rings. The van der Waals surface area contributed by atoms with Crippen LogP contribution in [0.15, 0.2) is 52.3 Å². The lowest BCUT2D eigenvalue weighted by molar-refractivity contribution is 0.355. The van der Waals surface area contributed by atoms with Crippen molar-refractivity contribution in [2.24, 2.45) is 0 Å². The van der Waals surface area contributed by atoms with Crippen molar-refractivity contribution >= 4 is 39.3 Å². The smallest absolute Gasteiger partial charge is 0.258 e. The molecule has 5 aromatic rings. The fourth-order valence-corrected chi connectivity index (χ4v) is 4.88. The number of ether oxygens (including phenoxy) is 2. The summed E-state index contributed by atoms with van der Waals surface area (Å²) in [5.74, 6) is 1.94. The monoisotopic (exact) mass is 457 g/mol. The second kappa shape index (κ2) is 8.15. The normalized spacial score (nSPS) is 11.2. The first kappa shape index (κ1) is 20.8. The van der Waals surface area contributed by atoms with Crippen LogP contribution in [0.25, 0.3) is 27.6 Å². The van der Waals surface area contributed by atoms with Crippen LogP contribution < -0.4 is 15.0 Å². The fourth-order valence-electron chi connectivity index (χ4n) is 3.88. The summed E-state index contributed by atoms with van der Waals surface area (Å²) < 4.78 is 12.6. The standard InChI is InChI=1S/C24H19N5O3S/c1-13-8-22(29-18-7-5-4-6-16(18)27-23(29)15(13)11-25)33-12-21-26-17-10-20(32-3)19(31-2)9-14(17)24(30)28-21/h4-10H,12H2,1-3H3,(H,26,28,30). The van der Waals surface area contributed by atoms with Crippen LogP contribution in [-0.2, 0) is 5.75 Å². The van der Waals surface area contributed by atoms with Crippen molar-refractivity contribution in [1.82, 2.24) is 19.4 Å². The van der Waals surface area contributed by atoms with Gasteiger partial charge in [0, 0.05) is 6.07 Å². The molecule has 8 nitrogen and oxygen atoms in total. The predicted molar refractivity (Wildman–Crippen MR) is 127 cm³/mol. The van der Waals surface area contributed by atoms with E-state index in [0.717, 1.165) is 21.6 Å². The van der Waals surface area contributed by atoms with Crippen molar-refractivity contribution in [2.45, 2.75) is 17.7 Å². The van der Waals surface area contributed by atoms with Crippen LogP contribution in [0.1, 0.15) is 17.0 Å². The summed E-state index contributed by atoms with van der Waals surface area (Å²) in [6.07, 6.45) is 0. The number of H-pyrrole nitrogens is 1. The molecule has 0 atom stereocenters. The molecule has 5 rings (SSSR count). The number of thioether (sulfide) groups is 1. The van der Waals surface area contributed by atoms with Gasteiger partial charge in [0.2, 0.25) is 0 Å². The van der Waals surface area contributed by atoms with E-state index in [1.165, 1.54) is 18.9 Å². The number of rotatable bonds is 5. The summed E-state index contributed by atoms with van der Waals surface area (Å²) in [6, 6.07) is 15.3. The first-order chi connectivity index (χ1) is 16.0. The zero-order valence-electron chi connectivity index (χ0n) is 18.2. The van der Waals surface area contributed by atoms with E-state index in [9.17, 15) is 10.1 Å². The number of hydrogen-bond donors (Lipinski definition) is 1. The molecule has 0 amide bonds. The summed E-state index contributed by atoms with van der Waals surface area (Å²) in [6.45, 7) is 1.90. The highest BCUT2D eigenvalue weighted by atomic mass is 32.2. The SMILES string of the molecule is COc1cc2nc(CSc3cc(C)c(C#N)c4nc5ccccc5n34)[nH]c(=O)c2cc1OC. The van der Waals surface area contributed by atoms with Gasteiger partial charge in [-0.1, -0.05) is 23.9 Å². The van der Waals surface area contributed by atoms with Gasteiger partial charge in [-0.05, 0) is 36.8 Å². The molecular weight excluding hydrogens is 438 g/mol. The number of nitriles is 1. The van der Waals surface area contributed by atoms with Crippen LogP contribution in [0.2, 0.25) is 0 Å². The zero-order valence-corrected chi connectivity index (χ0v) is 19.0. The zero-order chi connectivity index (χ0) is 23.1. The molecule has 0 spiro atoms.